The fraction of sp³-hybridized carbons (Fsp3) is 0.448. The van der Waals surface area contributed by atoms with Crippen molar-refractivity contribution < 1.29 is 19.2 Å². The Labute approximate surface area is 220 Å². The molecule has 0 amide bonds. The largest absolute Gasteiger partial charge is 0.593 e. The number of hydrogen-bond acceptors (Lipinski definition) is 5. The lowest BCUT2D eigenvalue weighted by Crippen LogP contribution is -2.39. The first-order chi connectivity index (χ1) is 17.1. The maximum absolute atomic E-state index is 12.9. The molecule has 0 aromatic carbocycles. The summed E-state index contributed by atoms with van der Waals surface area (Å²) in [6, 6.07) is 0. The minimum atomic E-state index is -1.32. The van der Waals surface area contributed by atoms with Crippen molar-refractivity contribution >= 4 is 23.5 Å². The number of aliphatic carboxylic acids is 1. The Balaban J connectivity index is 4.00. The maximum atomic E-state index is 12.9. The van der Waals surface area contributed by atoms with Crippen LogP contribution in [-0.4, -0.2) is 52.7 Å². The second-order valence-electron chi connectivity index (χ2n) is 8.62. The van der Waals surface area contributed by atoms with Crippen LogP contribution in [-0.2, 0) is 20.9 Å². The number of carboxylic acid groups (broad SMARTS) is 1. The fourth-order valence-electron chi connectivity index (χ4n) is 4.40. The second-order valence-corrected chi connectivity index (χ2v) is 9.90. The zero-order valence-electron chi connectivity index (χ0n) is 22.9. The number of carbonyl (C=O) groups is 1. The van der Waals surface area contributed by atoms with Crippen molar-refractivity contribution in [3.8, 4) is 0 Å². The molecule has 198 valence electrons. The van der Waals surface area contributed by atoms with E-state index in [1.54, 1.807) is 31.7 Å². The molecule has 0 aliphatic carbocycles. The molecule has 36 heavy (non-hydrogen) atoms. The Morgan fingerprint density at radius 1 is 1.25 bits per heavy atom. The molecule has 0 aromatic rings. The predicted octanol–water partition coefficient (Wildman–Crippen LogP) is 6.31. The third-order valence-corrected chi connectivity index (χ3v) is 7.23. The van der Waals surface area contributed by atoms with Crippen LogP contribution in [0.4, 0.5) is 0 Å². The van der Waals surface area contributed by atoms with Gasteiger partial charge in [-0.2, -0.15) is 4.31 Å². The average molecular weight is 515 g/mol. The highest BCUT2D eigenvalue weighted by molar-refractivity contribution is 7.88. The first-order valence-corrected chi connectivity index (χ1v) is 13.7. The van der Waals surface area contributed by atoms with Gasteiger partial charge in [0.2, 0.25) is 0 Å². The van der Waals surface area contributed by atoms with Gasteiger partial charge in [-0.1, -0.05) is 63.8 Å². The molecule has 6 nitrogen and oxygen atoms in total. The number of ether oxygens (including phenoxy) is 1. The lowest BCUT2D eigenvalue weighted by Gasteiger charge is -2.37. The van der Waals surface area contributed by atoms with E-state index in [0.29, 0.717) is 19.6 Å². The highest BCUT2D eigenvalue weighted by atomic mass is 32.2. The third kappa shape index (κ3) is 8.22. The van der Waals surface area contributed by atoms with Crippen LogP contribution in [0.1, 0.15) is 53.9 Å². The van der Waals surface area contributed by atoms with Crippen molar-refractivity contribution in [2.24, 2.45) is 10.9 Å². The van der Waals surface area contributed by atoms with E-state index in [1.807, 2.05) is 44.2 Å². The van der Waals surface area contributed by atoms with E-state index in [1.165, 1.54) is 0 Å². The highest BCUT2D eigenvalue weighted by Crippen LogP contribution is 2.40. The van der Waals surface area contributed by atoms with E-state index >= 15 is 0 Å². The Bertz CT molecular complexity index is 1010. The van der Waals surface area contributed by atoms with Crippen LogP contribution >= 0.6 is 0 Å². The molecule has 0 saturated carbocycles. The Morgan fingerprint density at radius 2 is 1.92 bits per heavy atom. The van der Waals surface area contributed by atoms with Gasteiger partial charge < -0.3 is 14.4 Å². The molecule has 1 N–H and O–H groups in total. The van der Waals surface area contributed by atoms with Crippen molar-refractivity contribution in [1.82, 2.24) is 4.31 Å². The molecule has 1 aliphatic rings. The molecule has 0 fully saturated rings. The molecule has 0 aromatic heterocycles. The van der Waals surface area contributed by atoms with Gasteiger partial charge in [0.15, 0.2) is 0 Å². The van der Waals surface area contributed by atoms with Crippen molar-refractivity contribution in [2.45, 2.75) is 53.9 Å². The van der Waals surface area contributed by atoms with Crippen LogP contribution in [0.5, 0.6) is 0 Å². The third-order valence-electron chi connectivity index (χ3n) is 6.28. The van der Waals surface area contributed by atoms with E-state index in [2.05, 4.69) is 25.1 Å². The molecular formula is C29H42N2O4S. The zero-order chi connectivity index (χ0) is 27.4. The van der Waals surface area contributed by atoms with E-state index in [-0.39, 0.29) is 12.3 Å². The van der Waals surface area contributed by atoms with Gasteiger partial charge in [0.05, 0.1) is 42.3 Å². The molecule has 1 aliphatic heterocycles. The summed E-state index contributed by atoms with van der Waals surface area (Å²) in [4.78, 5) is 16.7. The SMILES string of the molecule is C=CC1=C(/N=C\COC)C(C)\C(=C(C)/C(CC(=O)O)=C(CC)/C(=C/C=C(/C)C=C)CC)N([S+](C)[O-])C1. The monoisotopic (exact) mass is 514 g/mol. The van der Waals surface area contributed by atoms with Gasteiger partial charge in [-0.3, -0.25) is 9.79 Å². The van der Waals surface area contributed by atoms with E-state index < -0.39 is 17.3 Å². The van der Waals surface area contributed by atoms with E-state index in [9.17, 15) is 14.5 Å². The van der Waals surface area contributed by atoms with Crippen molar-refractivity contribution in [3.05, 3.63) is 82.3 Å². The van der Waals surface area contributed by atoms with Crippen molar-refractivity contribution in [1.29, 1.82) is 0 Å². The van der Waals surface area contributed by atoms with Crippen LogP contribution in [0.3, 0.4) is 0 Å². The van der Waals surface area contributed by atoms with Gasteiger partial charge in [-0.15, -0.1) is 0 Å². The van der Waals surface area contributed by atoms with Crippen LogP contribution in [0.25, 0.3) is 0 Å². The minimum absolute atomic E-state index is 0.128. The number of nitrogens with zero attached hydrogens (tertiary/aromatic N) is 2. The summed E-state index contributed by atoms with van der Waals surface area (Å²) in [6.45, 7) is 18.5. The van der Waals surface area contributed by atoms with Crippen LogP contribution in [0.15, 0.2) is 87.3 Å². The summed E-state index contributed by atoms with van der Waals surface area (Å²) in [6.07, 6.45) is 12.2. The molecule has 0 radical (unpaired) electrons. The van der Waals surface area contributed by atoms with Crippen LogP contribution in [0, 0.1) is 5.92 Å². The minimum Gasteiger partial charge on any atom is -0.593 e. The number of rotatable bonds is 13. The van der Waals surface area contributed by atoms with Gasteiger partial charge in [0, 0.05) is 19.2 Å². The normalized spacial score (nSPS) is 20.4. The Morgan fingerprint density at radius 3 is 2.39 bits per heavy atom. The molecule has 1 rings (SSSR count). The number of allylic oxidation sites excluding steroid dienone is 7. The summed E-state index contributed by atoms with van der Waals surface area (Å²) in [5, 5.41) is 9.87. The molecular weight excluding hydrogens is 472 g/mol. The topological polar surface area (TPSA) is 85.2 Å². The van der Waals surface area contributed by atoms with Gasteiger partial charge in [-0.25, -0.2) is 0 Å². The van der Waals surface area contributed by atoms with Crippen molar-refractivity contribution in [3.63, 3.8) is 0 Å². The van der Waals surface area contributed by atoms with E-state index in [0.717, 1.165) is 51.3 Å². The lowest BCUT2D eigenvalue weighted by molar-refractivity contribution is -0.136. The lowest BCUT2D eigenvalue weighted by atomic mass is 9.84. The number of carboxylic acids is 1. The van der Waals surface area contributed by atoms with Crippen LogP contribution in [0.2, 0.25) is 0 Å². The van der Waals surface area contributed by atoms with Crippen molar-refractivity contribution in [2.75, 3.05) is 26.5 Å². The summed E-state index contributed by atoms with van der Waals surface area (Å²) >= 11 is -1.32. The van der Waals surface area contributed by atoms with Crippen LogP contribution < -0.4 is 0 Å². The standard InChI is InChI=1S/C29H42N2O4S/c1-10-20(5)14-15-23(11-2)25(13-4)26(18-27(32)33)21(6)29-22(7)28(30-16-17-35-8)24(12-3)19-31(29)36(9)34/h10,12,14-16,22H,1,3,11,13,17-19H2,2,4-9H3,(H,32,33)/b20-14-,23-15+,26-25+,29-21+,30-16-. The summed E-state index contributed by atoms with van der Waals surface area (Å²) < 4.78 is 19.9. The fourth-order valence-corrected chi connectivity index (χ4v) is 5.29. The Hall–Kier alpha value is -2.61. The average Bonchev–Trinajstić information content (AvgIpc) is 2.85. The van der Waals surface area contributed by atoms with Gasteiger partial charge >= 0.3 is 5.97 Å². The summed E-state index contributed by atoms with van der Waals surface area (Å²) in [5.74, 6) is -1.12. The highest BCUT2D eigenvalue weighted by Gasteiger charge is 2.35. The number of hydrogen-bond donors (Lipinski definition) is 1. The molecule has 2 atom stereocenters. The molecule has 0 spiro atoms. The predicted molar refractivity (Wildman–Crippen MR) is 152 cm³/mol. The van der Waals surface area contributed by atoms with Gasteiger partial charge in [-0.05, 0) is 54.6 Å². The van der Waals surface area contributed by atoms with Gasteiger partial charge in [0.1, 0.15) is 6.26 Å². The Kier molecular flexibility index (Phi) is 13.5. The smallest absolute Gasteiger partial charge is 0.307 e. The zero-order valence-corrected chi connectivity index (χ0v) is 23.7. The summed E-state index contributed by atoms with van der Waals surface area (Å²) in [5.41, 5.74) is 7.20. The van der Waals surface area contributed by atoms with Gasteiger partial charge in [0.25, 0.3) is 0 Å². The first-order valence-electron chi connectivity index (χ1n) is 12.2. The maximum Gasteiger partial charge on any atom is 0.307 e. The molecule has 2 unspecified atom stereocenters. The number of aliphatic imine (C=N–C) groups is 1. The summed E-state index contributed by atoms with van der Waals surface area (Å²) in [7, 11) is 1.61. The molecule has 7 heteroatoms. The number of methoxy groups -OCH3 is 1. The second kappa shape index (κ2) is 15.5. The molecule has 0 saturated heterocycles. The van der Waals surface area contributed by atoms with E-state index in [4.69, 9.17) is 4.74 Å². The molecule has 0 bridgehead atoms. The quantitative estimate of drug-likeness (QED) is 0.177. The first kappa shape index (κ1) is 31.4. The molecule has 1 heterocycles.